The fourth-order valence-electron chi connectivity index (χ4n) is 2.31. The molecule has 2 aromatic rings. The quantitative estimate of drug-likeness (QED) is 0.602. The van der Waals surface area contributed by atoms with Gasteiger partial charge in [-0.1, -0.05) is 48.5 Å². The van der Waals surface area contributed by atoms with Crippen molar-refractivity contribution in [3.05, 3.63) is 64.9 Å². The number of urea groups is 1. The number of nitrogens with zero attached hydrogens (tertiary/aromatic N) is 3. The Morgan fingerprint density at radius 2 is 2.12 bits per heavy atom. The number of rotatable bonds is 3. The fraction of sp³-hybridized carbons (Fsp3) is 0.167. The summed E-state index contributed by atoms with van der Waals surface area (Å²) in [7, 11) is 0. The highest BCUT2D eigenvalue weighted by atomic mass is 35.5. The van der Waals surface area contributed by atoms with Crippen LogP contribution in [0.15, 0.2) is 58.7 Å². The summed E-state index contributed by atoms with van der Waals surface area (Å²) >= 11 is 7.41. The smallest absolute Gasteiger partial charge is 0.307 e. The second-order valence-corrected chi connectivity index (χ2v) is 7.50. The van der Waals surface area contributed by atoms with E-state index in [2.05, 4.69) is 15.5 Å². The summed E-state index contributed by atoms with van der Waals surface area (Å²) in [5, 5.41) is 12.2. The van der Waals surface area contributed by atoms with Gasteiger partial charge in [0.15, 0.2) is 5.17 Å². The molecule has 0 bridgehead atoms. The molecule has 134 valence electrons. The number of amidine groups is 1. The van der Waals surface area contributed by atoms with Crippen molar-refractivity contribution < 1.29 is 9.18 Å². The van der Waals surface area contributed by atoms with Crippen LogP contribution >= 0.6 is 23.4 Å². The molecule has 0 aliphatic carbocycles. The fourth-order valence-corrected chi connectivity index (χ4v) is 3.47. The van der Waals surface area contributed by atoms with Gasteiger partial charge in [-0.25, -0.2) is 9.18 Å². The van der Waals surface area contributed by atoms with Crippen LogP contribution in [-0.2, 0) is 0 Å². The monoisotopic (exact) mass is 390 g/mol. The van der Waals surface area contributed by atoms with Crippen molar-refractivity contribution in [2.75, 3.05) is 11.9 Å². The molecule has 1 N–H and O–H groups in total. The van der Waals surface area contributed by atoms with Crippen molar-refractivity contribution in [2.45, 2.75) is 12.2 Å². The Kier molecular flexibility index (Phi) is 5.90. The van der Waals surface area contributed by atoms with Gasteiger partial charge in [0.1, 0.15) is 5.82 Å². The lowest BCUT2D eigenvalue weighted by atomic mass is 10.2. The molecule has 3 rings (SSSR count). The lowest BCUT2D eigenvalue weighted by molar-refractivity contribution is 0.235. The maximum atomic E-state index is 12.9. The number of amides is 2. The van der Waals surface area contributed by atoms with Gasteiger partial charge in [0.05, 0.1) is 6.21 Å². The van der Waals surface area contributed by atoms with Crippen LogP contribution in [0, 0.1) is 5.82 Å². The van der Waals surface area contributed by atoms with E-state index >= 15 is 0 Å². The molecule has 1 heterocycles. The largest absolute Gasteiger partial charge is 0.327 e. The molecule has 26 heavy (non-hydrogen) atoms. The van der Waals surface area contributed by atoms with E-state index in [4.69, 9.17) is 11.6 Å². The summed E-state index contributed by atoms with van der Waals surface area (Å²) in [5.74, 6) is -0.308. The highest BCUT2D eigenvalue weighted by Gasteiger charge is 2.31. The first-order valence-corrected chi connectivity index (χ1v) is 9.14. The molecule has 2 amide bonds. The number of nitrogens with one attached hydrogen (secondary N) is 1. The minimum atomic E-state index is -0.308. The third-order valence-corrected chi connectivity index (χ3v) is 4.82. The first-order valence-electron chi connectivity index (χ1n) is 7.88. The maximum absolute atomic E-state index is 12.9. The van der Waals surface area contributed by atoms with Crippen LogP contribution in [0.1, 0.15) is 12.5 Å². The molecule has 1 fully saturated rings. The number of hydrogen-bond acceptors (Lipinski definition) is 4. The van der Waals surface area contributed by atoms with Gasteiger partial charge in [0.2, 0.25) is 0 Å². The van der Waals surface area contributed by atoms with E-state index in [9.17, 15) is 9.18 Å². The molecular formula is C18H16ClFN4OS. The van der Waals surface area contributed by atoms with Crippen LogP contribution in [0.3, 0.4) is 0 Å². The molecule has 5 nitrogen and oxygen atoms in total. The molecule has 0 spiro atoms. The standard InChI is InChI=1S/C18H16ClFN4OS/c1-12-11-24(17(25)22-16-4-2-3-14(19)9-16)18(26-12)23-21-10-13-5-7-15(20)8-6-13/h2-10,12H,11H2,1H3,(H,22,25). The number of carbonyl (C=O) groups is 1. The van der Waals surface area contributed by atoms with Crippen LogP contribution in [0.2, 0.25) is 5.02 Å². The number of benzene rings is 2. The topological polar surface area (TPSA) is 57.1 Å². The van der Waals surface area contributed by atoms with Gasteiger partial charge in [0.25, 0.3) is 0 Å². The maximum Gasteiger partial charge on any atom is 0.327 e. The Balaban J connectivity index is 1.71. The normalized spacial score (nSPS) is 18.7. The number of hydrogen-bond donors (Lipinski definition) is 1. The number of carbonyl (C=O) groups excluding carboxylic acids is 1. The van der Waals surface area contributed by atoms with Crippen molar-refractivity contribution in [1.82, 2.24) is 4.90 Å². The summed E-state index contributed by atoms with van der Waals surface area (Å²) in [4.78, 5) is 14.1. The van der Waals surface area contributed by atoms with Gasteiger partial charge in [0, 0.05) is 22.5 Å². The average Bonchev–Trinajstić information content (AvgIpc) is 2.97. The molecule has 0 saturated carbocycles. The molecular weight excluding hydrogens is 375 g/mol. The van der Waals surface area contributed by atoms with Gasteiger partial charge in [-0.3, -0.25) is 4.90 Å². The molecule has 0 radical (unpaired) electrons. The summed E-state index contributed by atoms with van der Waals surface area (Å²) in [6.45, 7) is 2.54. The zero-order valence-corrected chi connectivity index (χ0v) is 15.5. The van der Waals surface area contributed by atoms with E-state index < -0.39 is 0 Å². The van der Waals surface area contributed by atoms with E-state index in [0.29, 0.717) is 22.4 Å². The number of halogens is 2. The average molecular weight is 391 g/mol. The van der Waals surface area contributed by atoms with Crippen molar-refractivity contribution in [3.8, 4) is 0 Å². The van der Waals surface area contributed by atoms with E-state index in [1.165, 1.54) is 35.0 Å². The molecule has 2 aromatic carbocycles. The molecule has 1 atom stereocenters. The molecule has 0 aromatic heterocycles. The molecule has 1 aliphatic rings. The minimum absolute atomic E-state index is 0.208. The Bertz CT molecular complexity index is 857. The van der Waals surface area contributed by atoms with E-state index in [-0.39, 0.29) is 17.1 Å². The van der Waals surface area contributed by atoms with Crippen molar-refractivity contribution >= 4 is 46.5 Å². The Morgan fingerprint density at radius 3 is 2.85 bits per heavy atom. The highest BCUT2D eigenvalue weighted by molar-refractivity contribution is 8.14. The SMILES string of the molecule is CC1CN(C(=O)Nc2cccc(Cl)c2)C(=NN=Cc2ccc(F)cc2)S1. The summed E-state index contributed by atoms with van der Waals surface area (Å²) in [6.07, 6.45) is 1.52. The Labute approximate surface area is 159 Å². The molecule has 1 aliphatic heterocycles. The van der Waals surface area contributed by atoms with Crippen molar-refractivity contribution in [2.24, 2.45) is 10.2 Å². The number of thioether (sulfide) groups is 1. The van der Waals surface area contributed by atoms with Gasteiger partial charge in [-0.15, -0.1) is 5.10 Å². The third kappa shape index (κ3) is 4.83. The zero-order chi connectivity index (χ0) is 18.5. The molecule has 1 unspecified atom stereocenters. The van der Waals surface area contributed by atoms with E-state index in [1.54, 1.807) is 36.4 Å². The lowest BCUT2D eigenvalue weighted by Crippen LogP contribution is -2.36. The van der Waals surface area contributed by atoms with Gasteiger partial charge < -0.3 is 5.32 Å². The van der Waals surface area contributed by atoms with Gasteiger partial charge in [-0.05, 0) is 35.9 Å². The second kappa shape index (κ2) is 8.33. The second-order valence-electron chi connectivity index (χ2n) is 5.66. The first kappa shape index (κ1) is 18.4. The van der Waals surface area contributed by atoms with Crippen LogP contribution in [0.4, 0.5) is 14.9 Å². The van der Waals surface area contributed by atoms with Crippen LogP contribution in [0.5, 0.6) is 0 Å². The van der Waals surface area contributed by atoms with Gasteiger partial charge in [-0.2, -0.15) is 5.10 Å². The zero-order valence-electron chi connectivity index (χ0n) is 13.9. The Morgan fingerprint density at radius 1 is 1.35 bits per heavy atom. The third-order valence-electron chi connectivity index (χ3n) is 3.52. The predicted octanol–water partition coefficient (Wildman–Crippen LogP) is 4.84. The highest BCUT2D eigenvalue weighted by Crippen LogP contribution is 2.26. The Hall–Kier alpha value is -2.38. The first-order chi connectivity index (χ1) is 12.5. The molecule has 1 saturated heterocycles. The van der Waals surface area contributed by atoms with Crippen LogP contribution in [-0.4, -0.2) is 34.1 Å². The van der Waals surface area contributed by atoms with Crippen LogP contribution in [0.25, 0.3) is 0 Å². The van der Waals surface area contributed by atoms with Crippen molar-refractivity contribution in [1.29, 1.82) is 0 Å². The van der Waals surface area contributed by atoms with E-state index in [0.717, 1.165) is 5.56 Å². The predicted molar refractivity (Wildman–Crippen MR) is 106 cm³/mol. The summed E-state index contributed by atoms with van der Waals surface area (Å²) in [5.41, 5.74) is 1.34. The number of anilines is 1. The minimum Gasteiger partial charge on any atom is -0.307 e. The summed E-state index contributed by atoms with van der Waals surface area (Å²) in [6, 6.07) is 12.6. The van der Waals surface area contributed by atoms with Crippen molar-refractivity contribution in [3.63, 3.8) is 0 Å². The summed E-state index contributed by atoms with van der Waals surface area (Å²) < 4.78 is 12.9. The van der Waals surface area contributed by atoms with Gasteiger partial charge >= 0.3 is 6.03 Å². The lowest BCUT2D eigenvalue weighted by Gasteiger charge is -2.16. The van der Waals surface area contributed by atoms with Crippen LogP contribution < -0.4 is 5.32 Å². The van der Waals surface area contributed by atoms with E-state index in [1.807, 2.05) is 6.92 Å². The molecule has 8 heteroatoms.